The van der Waals surface area contributed by atoms with Gasteiger partial charge in [0.05, 0.1) is 23.1 Å². The summed E-state index contributed by atoms with van der Waals surface area (Å²) >= 11 is 0. The van der Waals surface area contributed by atoms with Gasteiger partial charge in [-0.2, -0.15) is 27.1 Å². The number of halogens is 5. The fourth-order valence-electron chi connectivity index (χ4n) is 2.55. The predicted molar refractivity (Wildman–Crippen MR) is 88.6 cm³/mol. The lowest BCUT2D eigenvalue weighted by molar-refractivity contribution is -0.141. The smallest absolute Gasteiger partial charge is 0.433 e. The molecule has 0 radical (unpaired) electrons. The summed E-state index contributed by atoms with van der Waals surface area (Å²) in [7, 11) is 0. The number of rotatable bonds is 5. The normalized spacial score (nSPS) is 11.7. The molecule has 0 N–H and O–H groups in total. The Hall–Kier alpha value is -3.30. The molecule has 0 fully saturated rings. The number of aromatic nitrogens is 3. The maximum Gasteiger partial charge on any atom is 0.433 e. The van der Waals surface area contributed by atoms with Crippen LogP contribution in [0.25, 0.3) is 16.9 Å². The van der Waals surface area contributed by atoms with E-state index < -0.39 is 18.5 Å². The van der Waals surface area contributed by atoms with Crippen LogP contribution in [0.5, 0.6) is 5.75 Å². The number of benzene rings is 1. The first-order chi connectivity index (χ1) is 13.2. The third-order valence-corrected chi connectivity index (χ3v) is 3.82. The molecule has 3 rings (SSSR count). The first-order valence-corrected chi connectivity index (χ1v) is 7.83. The summed E-state index contributed by atoms with van der Waals surface area (Å²) < 4.78 is 68.7. The van der Waals surface area contributed by atoms with Crippen molar-refractivity contribution in [1.82, 2.24) is 14.8 Å². The monoisotopic (exact) mass is 397 g/mol. The molecule has 5 nitrogen and oxygen atoms in total. The number of aldehydes is 1. The number of alkyl halides is 5. The first-order valence-electron chi connectivity index (χ1n) is 7.83. The fraction of sp³-hybridized carbons (Fsp3) is 0.167. The number of nitrogens with zero attached hydrogens (tertiary/aromatic N) is 3. The van der Waals surface area contributed by atoms with Gasteiger partial charge in [-0.15, -0.1) is 0 Å². The van der Waals surface area contributed by atoms with Gasteiger partial charge in [-0.3, -0.25) is 4.79 Å². The van der Waals surface area contributed by atoms with Crippen molar-refractivity contribution in [1.29, 1.82) is 0 Å². The van der Waals surface area contributed by atoms with Crippen molar-refractivity contribution in [2.45, 2.75) is 19.7 Å². The summed E-state index contributed by atoms with van der Waals surface area (Å²) in [5.41, 5.74) is 0.543. The lowest BCUT2D eigenvalue weighted by atomic mass is 10.1. The minimum Gasteiger partial charge on any atom is -0.434 e. The molecule has 1 aromatic carbocycles. The molecule has 0 unspecified atom stereocenters. The number of ether oxygens (including phenoxy) is 1. The minimum atomic E-state index is -4.55. The molecule has 28 heavy (non-hydrogen) atoms. The zero-order valence-corrected chi connectivity index (χ0v) is 14.2. The highest BCUT2D eigenvalue weighted by Crippen LogP contribution is 2.30. The van der Waals surface area contributed by atoms with E-state index in [0.29, 0.717) is 28.9 Å². The highest BCUT2D eigenvalue weighted by Gasteiger charge is 2.32. The molecule has 0 bridgehead atoms. The topological polar surface area (TPSA) is 57.0 Å². The second kappa shape index (κ2) is 7.37. The Morgan fingerprint density at radius 3 is 2.46 bits per heavy atom. The van der Waals surface area contributed by atoms with E-state index in [-0.39, 0.29) is 11.3 Å². The molecule has 2 heterocycles. The Morgan fingerprint density at radius 1 is 1.14 bits per heavy atom. The van der Waals surface area contributed by atoms with Gasteiger partial charge in [0.15, 0.2) is 6.29 Å². The van der Waals surface area contributed by atoms with E-state index in [1.807, 2.05) is 0 Å². The lowest BCUT2D eigenvalue weighted by Gasteiger charge is -2.09. The molecule has 10 heteroatoms. The van der Waals surface area contributed by atoms with Gasteiger partial charge < -0.3 is 4.74 Å². The molecule has 0 saturated heterocycles. The molecule has 146 valence electrons. The number of hydrogen-bond donors (Lipinski definition) is 0. The number of pyridine rings is 1. The quantitative estimate of drug-likeness (QED) is 0.464. The Labute approximate surface area is 155 Å². The van der Waals surface area contributed by atoms with E-state index in [1.54, 1.807) is 13.0 Å². The Balaban J connectivity index is 1.97. The largest absolute Gasteiger partial charge is 0.434 e. The van der Waals surface area contributed by atoms with Crippen LogP contribution in [-0.2, 0) is 6.18 Å². The summed E-state index contributed by atoms with van der Waals surface area (Å²) in [6, 6.07) is 7.73. The van der Waals surface area contributed by atoms with Crippen molar-refractivity contribution in [3.05, 3.63) is 59.5 Å². The molecule has 2 aromatic heterocycles. The van der Waals surface area contributed by atoms with Gasteiger partial charge in [0.2, 0.25) is 0 Å². The van der Waals surface area contributed by atoms with E-state index in [4.69, 9.17) is 0 Å². The highest BCUT2D eigenvalue weighted by atomic mass is 19.4. The van der Waals surface area contributed by atoms with Crippen molar-refractivity contribution in [2.75, 3.05) is 0 Å². The molecular weight excluding hydrogens is 385 g/mol. The number of hydrogen-bond acceptors (Lipinski definition) is 4. The van der Waals surface area contributed by atoms with Crippen molar-refractivity contribution in [3.8, 4) is 22.7 Å². The van der Waals surface area contributed by atoms with Crippen LogP contribution in [0.3, 0.4) is 0 Å². The molecule has 0 spiro atoms. The van der Waals surface area contributed by atoms with Crippen LogP contribution in [0.1, 0.15) is 21.7 Å². The Bertz CT molecular complexity index is 997. The first kappa shape index (κ1) is 19.5. The average molecular weight is 397 g/mol. The Kier molecular flexibility index (Phi) is 5.12. The molecule has 3 aromatic rings. The van der Waals surface area contributed by atoms with Crippen LogP contribution in [0.15, 0.2) is 42.6 Å². The van der Waals surface area contributed by atoms with Gasteiger partial charge >= 0.3 is 12.8 Å². The lowest BCUT2D eigenvalue weighted by Crippen LogP contribution is -2.08. The molecule has 0 aliphatic heterocycles. The van der Waals surface area contributed by atoms with Gasteiger partial charge in [0.1, 0.15) is 11.4 Å². The van der Waals surface area contributed by atoms with Gasteiger partial charge in [-0.25, -0.2) is 9.67 Å². The van der Waals surface area contributed by atoms with Crippen molar-refractivity contribution in [2.24, 2.45) is 0 Å². The second-order valence-electron chi connectivity index (χ2n) is 5.73. The van der Waals surface area contributed by atoms with Crippen molar-refractivity contribution in [3.63, 3.8) is 0 Å². The molecular formula is C18H12F5N3O2. The summed E-state index contributed by atoms with van der Waals surface area (Å²) in [6.07, 6.45) is -3.13. The van der Waals surface area contributed by atoms with E-state index in [9.17, 15) is 26.7 Å². The maximum absolute atomic E-state index is 12.6. The number of carbonyl (C=O) groups excluding carboxylic acids is 1. The fourth-order valence-corrected chi connectivity index (χ4v) is 2.55. The van der Waals surface area contributed by atoms with E-state index in [2.05, 4.69) is 14.8 Å². The van der Waals surface area contributed by atoms with E-state index in [1.165, 1.54) is 28.9 Å². The zero-order chi connectivity index (χ0) is 20.5. The maximum atomic E-state index is 12.6. The van der Waals surface area contributed by atoms with E-state index >= 15 is 0 Å². The third-order valence-electron chi connectivity index (χ3n) is 3.82. The van der Waals surface area contributed by atoms with Gasteiger partial charge in [-0.05, 0) is 37.3 Å². The number of aryl methyl sites for hydroxylation is 1. The van der Waals surface area contributed by atoms with Crippen LogP contribution in [0, 0.1) is 6.92 Å². The van der Waals surface area contributed by atoms with Gasteiger partial charge in [0.25, 0.3) is 0 Å². The van der Waals surface area contributed by atoms with Crippen molar-refractivity contribution >= 4 is 6.29 Å². The van der Waals surface area contributed by atoms with Crippen LogP contribution in [0.2, 0.25) is 0 Å². The summed E-state index contributed by atoms with van der Waals surface area (Å²) in [5, 5.41) is 4.28. The van der Waals surface area contributed by atoms with Gasteiger partial charge in [0, 0.05) is 11.3 Å². The molecule has 0 amide bonds. The zero-order valence-electron chi connectivity index (χ0n) is 14.2. The standard InChI is InChI=1S/C18H12F5N3O2/c1-10-6-14(11-2-3-12(9-27)15(7-11)28-17(19)20)25-26(10)13-4-5-16(24-8-13)18(21,22)23/h2-9,17H,1H3. The Morgan fingerprint density at radius 2 is 1.89 bits per heavy atom. The molecule has 0 aliphatic rings. The van der Waals surface area contributed by atoms with Gasteiger partial charge in [-0.1, -0.05) is 6.07 Å². The molecule has 0 saturated carbocycles. The minimum absolute atomic E-state index is 0.0489. The van der Waals surface area contributed by atoms with Crippen LogP contribution in [0.4, 0.5) is 22.0 Å². The number of carbonyl (C=O) groups is 1. The summed E-state index contributed by atoms with van der Waals surface area (Å²) in [4.78, 5) is 14.4. The second-order valence-corrected chi connectivity index (χ2v) is 5.73. The van der Waals surface area contributed by atoms with Crippen LogP contribution in [-0.4, -0.2) is 27.7 Å². The van der Waals surface area contributed by atoms with Crippen LogP contribution < -0.4 is 4.74 Å². The summed E-state index contributed by atoms with van der Waals surface area (Å²) in [5.74, 6) is -0.300. The highest BCUT2D eigenvalue weighted by molar-refractivity contribution is 5.81. The average Bonchev–Trinajstić information content (AvgIpc) is 3.02. The summed E-state index contributed by atoms with van der Waals surface area (Å²) in [6.45, 7) is -1.43. The van der Waals surface area contributed by atoms with Crippen LogP contribution >= 0.6 is 0 Å². The molecule has 0 atom stereocenters. The molecule has 0 aliphatic carbocycles. The predicted octanol–water partition coefficient (Wildman–Crippen LogP) is 4.68. The third kappa shape index (κ3) is 4.00. The van der Waals surface area contributed by atoms with Crippen molar-refractivity contribution < 1.29 is 31.5 Å². The van der Waals surface area contributed by atoms with E-state index in [0.717, 1.165) is 12.3 Å². The SMILES string of the molecule is Cc1cc(-c2ccc(C=O)c(OC(F)F)c2)nn1-c1ccc(C(F)(F)F)nc1.